The van der Waals surface area contributed by atoms with Gasteiger partial charge in [-0.05, 0) is 77.4 Å². The van der Waals surface area contributed by atoms with Gasteiger partial charge >= 0.3 is 5.97 Å². The molecule has 2 aromatic carbocycles. The van der Waals surface area contributed by atoms with Crippen LogP contribution in [0.25, 0.3) is 27.7 Å². The molecular formula is C25H18ClN7O4. The number of fused-ring (bicyclic) bond motifs is 2. The number of nitrogens with zero attached hydrogens (tertiary/aromatic N) is 5. The molecule has 3 aromatic heterocycles. The van der Waals surface area contributed by atoms with Gasteiger partial charge in [-0.1, -0.05) is 11.6 Å². The van der Waals surface area contributed by atoms with Gasteiger partial charge in [0.25, 0.3) is 5.56 Å². The van der Waals surface area contributed by atoms with Gasteiger partial charge in [0, 0.05) is 38.9 Å². The van der Waals surface area contributed by atoms with Crippen molar-refractivity contribution in [1.29, 1.82) is 0 Å². The number of amides is 1. The second-order valence-electron chi connectivity index (χ2n) is 8.69. The van der Waals surface area contributed by atoms with Crippen molar-refractivity contribution in [2.75, 3.05) is 5.32 Å². The van der Waals surface area contributed by atoms with Crippen molar-refractivity contribution in [1.82, 2.24) is 29.8 Å². The number of hydrogen-bond acceptors (Lipinski definition) is 6. The Morgan fingerprint density at radius 3 is 2.76 bits per heavy atom. The zero-order valence-corrected chi connectivity index (χ0v) is 19.8. The Kier molecular flexibility index (Phi) is 5.34. The summed E-state index contributed by atoms with van der Waals surface area (Å²) < 4.78 is 3.00. The molecule has 11 nitrogen and oxygen atoms in total. The predicted molar refractivity (Wildman–Crippen MR) is 135 cm³/mol. The summed E-state index contributed by atoms with van der Waals surface area (Å²) in [5.74, 6) is -1.38. The van der Waals surface area contributed by atoms with E-state index < -0.39 is 12.0 Å². The lowest BCUT2D eigenvalue weighted by Gasteiger charge is -2.16. The number of aromatic nitrogens is 6. The second kappa shape index (κ2) is 8.71. The third-order valence-electron chi connectivity index (χ3n) is 6.42. The number of pyridine rings is 1. The van der Waals surface area contributed by atoms with Crippen LogP contribution < -0.4 is 10.9 Å². The van der Waals surface area contributed by atoms with Crippen LogP contribution in [0.15, 0.2) is 65.7 Å². The molecule has 0 bridgehead atoms. The first-order valence-corrected chi connectivity index (χ1v) is 11.7. The first-order chi connectivity index (χ1) is 17.9. The first-order valence-electron chi connectivity index (χ1n) is 11.3. The number of carboxylic acid groups (broad SMARTS) is 1. The van der Waals surface area contributed by atoms with Crippen molar-refractivity contribution in [2.24, 2.45) is 0 Å². The number of aryl methyl sites for hydroxylation is 1. The van der Waals surface area contributed by atoms with Crippen LogP contribution in [0, 0.1) is 0 Å². The van der Waals surface area contributed by atoms with E-state index in [-0.39, 0.29) is 17.2 Å². The maximum absolute atomic E-state index is 13.2. The molecule has 0 saturated heterocycles. The minimum atomic E-state index is -1.06. The van der Waals surface area contributed by atoms with Crippen LogP contribution in [-0.4, -0.2) is 46.7 Å². The number of carbonyl (C=O) groups excluding carboxylic acids is 1. The predicted octanol–water partition coefficient (Wildman–Crippen LogP) is 3.45. The highest BCUT2D eigenvalue weighted by molar-refractivity contribution is 6.31. The van der Waals surface area contributed by atoms with Gasteiger partial charge in [0.15, 0.2) is 0 Å². The molecule has 0 radical (unpaired) electrons. The molecule has 5 aromatic rings. The molecule has 0 aliphatic carbocycles. The number of aromatic carboxylic acids is 1. The molecule has 6 rings (SSSR count). The summed E-state index contributed by atoms with van der Waals surface area (Å²) in [7, 11) is 0. The van der Waals surface area contributed by atoms with E-state index in [0.29, 0.717) is 51.3 Å². The number of tetrazole rings is 1. The van der Waals surface area contributed by atoms with Gasteiger partial charge in [-0.3, -0.25) is 9.59 Å². The first kappa shape index (κ1) is 22.7. The quantitative estimate of drug-likeness (QED) is 0.324. The molecule has 184 valence electrons. The summed E-state index contributed by atoms with van der Waals surface area (Å²) >= 11 is 6.25. The van der Waals surface area contributed by atoms with E-state index in [4.69, 9.17) is 11.6 Å². The van der Waals surface area contributed by atoms with Crippen molar-refractivity contribution >= 4 is 40.1 Å². The lowest BCUT2D eigenvalue weighted by Crippen LogP contribution is -2.31. The van der Waals surface area contributed by atoms with Crippen molar-refractivity contribution < 1.29 is 14.7 Å². The molecule has 0 fully saturated rings. The summed E-state index contributed by atoms with van der Waals surface area (Å²) in [6, 6.07) is 14.5. The van der Waals surface area contributed by atoms with E-state index in [2.05, 4.69) is 25.8 Å². The molecule has 1 amide bonds. The smallest absolute Gasteiger partial charge is 0.352 e. The highest BCUT2D eigenvalue weighted by Crippen LogP contribution is 2.33. The van der Waals surface area contributed by atoms with Crippen molar-refractivity contribution in [3.63, 3.8) is 0 Å². The number of H-pyrrole nitrogens is 1. The molecule has 1 aliphatic rings. The Bertz CT molecular complexity index is 1760. The highest BCUT2D eigenvalue weighted by atomic mass is 35.5. The number of rotatable bonds is 5. The normalized spacial score (nSPS) is 14.6. The van der Waals surface area contributed by atoms with Crippen molar-refractivity contribution in [3.8, 4) is 16.8 Å². The Balaban J connectivity index is 1.31. The largest absolute Gasteiger partial charge is 0.477 e. The summed E-state index contributed by atoms with van der Waals surface area (Å²) in [5.41, 5.74) is 3.65. The van der Waals surface area contributed by atoms with Crippen LogP contribution in [0.5, 0.6) is 0 Å². The maximum Gasteiger partial charge on any atom is 0.352 e. The van der Waals surface area contributed by atoms with Gasteiger partial charge in [-0.15, -0.1) is 5.10 Å². The van der Waals surface area contributed by atoms with E-state index in [1.54, 1.807) is 36.4 Å². The fourth-order valence-corrected chi connectivity index (χ4v) is 4.93. The zero-order chi connectivity index (χ0) is 25.7. The lowest BCUT2D eigenvalue weighted by molar-refractivity contribution is -0.119. The minimum absolute atomic E-state index is 0.0634. The molecule has 4 heterocycles. The Morgan fingerprint density at radius 2 is 1.97 bits per heavy atom. The summed E-state index contributed by atoms with van der Waals surface area (Å²) in [4.78, 5) is 40.4. The highest BCUT2D eigenvalue weighted by Gasteiger charge is 2.30. The number of hydrogen-bond donors (Lipinski definition) is 3. The third-order valence-corrected chi connectivity index (χ3v) is 6.66. The molecule has 1 unspecified atom stereocenters. The number of benzene rings is 2. The van der Waals surface area contributed by atoms with Crippen LogP contribution in [-0.2, 0) is 11.2 Å². The van der Waals surface area contributed by atoms with Crippen LogP contribution in [0.4, 0.5) is 5.69 Å². The van der Waals surface area contributed by atoms with E-state index in [9.17, 15) is 19.5 Å². The van der Waals surface area contributed by atoms with E-state index in [1.807, 2.05) is 6.07 Å². The van der Waals surface area contributed by atoms with Gasteiger partial charge in [0.2, 0.25) is 5.91 Å². The number of halogens is 1. The Hall–Kier alpha value is -4.77. The van der Waals surface area contributed by atoms with Gasteiger partial charge in [0.05, 0.1) is 5.69 Å². The average Bonchev–Trinajstić information content (AvgIpc) is 3.63. The SMILES string of the molecule is O=C(O)c1cc2cc(NC(=O)C3CCc4cc(-c5cc(Cl)ccc5-n5cnnn5)cc(=O)n43)ccc2[nH]1. The Morgan fingerprint density at radius 1 is 1.11 bits per heavy atom. The van der Waals surface area contributed by atoms with E-state index >= 15 is 0 Å². The molecule has 1 aliphatic heterocycles. The third kappa shape index (κ3) is 4.04. The molecule has 37 heavy (non-hydrogen) atoms. The molecule has 12 heteroatoms. The number of carbonyl (C=O) groups is 2. The van der Waals surface area contributed by atoms with E-state index in [1.165, 1.54) is 27.7 Å². The van der Waals surface area contributed by atoms with Crippen molar-refractivity contribution in [3.05, 3.63) is 87.7 Å². The summed E-state index contributed by atoms with van der Waals surface area (Å²) in [6.07, 6.45) is 2.47. The fourth-order valence-electron chi connectivity index (χ4n) is 4.76. The maximum atomic E-state index is 13.2. The summed E-state index contributed by atoms with van der Waals surface area (Å²) in [6.45, 7) is 0. The van der Waals surface area contributed by atoms with Gasteiger partial charge in [-0.2, -0.15) is 4.68 Å². The topological polar surface area (TPSA) is 148 Å². The average molecular weight is 516 g/mol. The van der Waals surface area contributed by atoms with Gasteiger partial charge < -0.3 is 20.0 Å². The molecular weight excluding hydrogens is 498 g/mol. The molecule has 0 saturated carbocycles. The number of aromatic amines is 1. The standard InChI is InChI=1S/C25H18ClN7O4/c26-15-1-5-21(32-12-27-30-31-32)18(11-15)13-8-17-3-6-22(33(17)23(34)10-13)24(35)28-16-2-4-19-14(7-16)9-20(29-19)25(36)37/h1-2,4-5,7-12,22,29H,3,6H2,(H,28,35)(H,36,37). The molecule has 1 atom stereocenters. The lowest BCUT2D eigenvalue weighted by atomic mass is 10.0. The summed E-state index contributed by atoms with van der Waals surface area (Å²) in [5, 5.41) is 24.5. The monoisotopic (exact) mass is 515 g/mol. The van der Waals surface area contributed by atoms with Crippen LogP contribution in [0.2, 0.25) is 5.02 Å². The van der Waals surface area contributed by atoms with Crippen LogP contribution >= 0.6 is 11.6 Å². The second-order valence-corrected chi connectivity index (χ2v) is 9.13. The number of nitrogens with one attached hydrogen (secondary N) is 2. The van der Waals surface area contributed by atoms with Crippen LogP contribution in [0.3, 0.4) is 0 Å². The Labute approximate surface area is 213 Å². The van der Waals surface area contributed by atoms with Crippen LogP contribution in [0.1, 0.15) is 28.6 Å². The number of carboxylic acids is 1. The molecule has 3 N–H and O–H groups in total. The zero-order valence-electron chi connectivity index (χ0n) is 19.1. The van der Waals surface area contributed by atoms with Crippen molar-refractivity contribution in [2.45, 2.75) is 18.9 Å². The van der Waals surface area contributed by atoms with Gasteiger partial charge in [0.1, 0.15) is 18.1 Å². The van der Waals surface area contributed by atoms with E-state index in [0.717, 1.165) is 5.69 Å². The minimum Gasteiger partial charge on any atom is -0.477 e. The van der Waals surface area contributed by atoms with Gasteiger partial charge in [-0.25, -0.2) is 4.79 Å². The fraction of sp³-hybridized carbons (Fsp3) is 0.120. The number of anilines is 1. The molecule has 0 spiro atoms.